The van der Waals surface area contributed by atoms with Gasteiger partial charge in [-0.3, -0.25) is 14.9 Å². The summed E-state index contributed by atoms with van der Waals surface area (Å²) in [5, 5.41) is 18.0. The topological polar surface area (TPSA) is 109 Å². The number of hydrogen-bond donors (Lipinski definition) is 1. The second-order valence-corrected chi connectivity index (χ2v) is 7.88. The lowest BCUT2D eigenvalue weighted by molar-refractivity contribution is -0.384. The number of non-ortho nitro benzene ring substituents is 1. The zero-order valence-electron chi connectivity index (χ0n) is 19.2. The van der Waals surface area contributed by atoms with Crippen LogP contribution in [0, 0.1) is 17.0 Å². The molecule has 0 aliphatic carbocycles. The standard InChI is InChI=1S/C25H19F3N4O5/c1-16-4-2-7-21(10-16)37-22-13-18(12-19(14-22)32(34)35)29-24(33)23-8-9-31(30-23)15-36-20-6-3-5-17(11-20)25(26,27)28/h2-14H,15H2,1H3,(H,29,33). The summed E-state index contributed by atoms with van der Waals surface area (Å²) in [5.74, 6) is -0.0683. The average Bonchev–Trinajstić information content (AvgIpc) is 3.32. The number of nitrogens with one attached hydrogen (secondary N) is 1. The predicted molar refractivity (Wildman–Crippen MR) is 127 cm³/mol. The fourth-order valence-corrected chi connectivity index (χ4v) is 3.29. The number of nitro benzene ring substituents is 1. The molecule has 0 bridgehead atoms. The molecule has 0 aliphatic heterocycles. The van der Waals surface area contributed by atoms with Gasteiger partial charge in [-0.15, -0.1) is 0 Å². The number of amides is 1. The van der Waals surface area contributed by atoms with Crippen molar-refractivity contribution in [3.8, 4) is 17.2 Å². The van der Waals surface area contributed by atoms with Crippen LogP contribution in [0.4, 0.5) is 24.5 Å². The highest BCUT2D eigenvalue weighted by Crippen LogP contribution is 2.32. The Hall–Kier alpha value is -4.87. The van der Waals surface area contributed by atoms with Crippen LogP contribution < -0.4 is 14.8 Å². The molecular weight excluding hydrogens is 493 g/mol. The highest BCUT2D eigenvalue weighted by Gasteiger charge is 2.30. The number of hydrogen-bond acceptors (Lipinski definition) is 6. The van der Waals surface area contributed by atoms with Gasteiger partial charge in [0.2, 0.25) is 0 Å². The maximum absolute atomic E-state index is 12.9. The van der Waals surface area contributed by atoms with Crippen molar-refractivity contribution in [2.75, 3.05) is 5.32 Å². The van der Waals surface area contributed by atoms with E-state index in [0.29, 0.717) is 5.75 Å². The minimum absolute atomic E-state index is 0.0194. The second-order valence-electron chi connectivity index (χ2n) is 7.88. The van der Waals surface area contributed by atoms with Gasteiger partial charge in [-0.05, 0) is 48.9 Å². The summed E-state index contributed by atoms with van der Waals surface area (Å²) in [4.78, 5) is 23.5. The van der Waals surface area contributed by atoms with Gasteiger partial charge < -0.3 is 14.8 Å². The normalized spacial score (nSPS) is 11.1. The third kappa shape index (κ3) is 6.63. The Morgan fingerprint density at radius 1 is 1.03 bits per heavy atom. The molecule has 37 heavy (non-hydrogen) atoms. The van der Waals surface area contributed by atoms with Crippen molar-refractivity contribution in [3.63, 3.8) is 0 Å². The Balaban J connectivity index is 1.45. The molecular formula is C25H19F3N4O5. The third-order valence-corrected chi connectivity index (χ3v) is 4.98. The van der Waals surface area contributed by atoms with Gasteiger partial charge in [-0.1, -0.05) is 18.2 Å². The molecule has 0 saturated carbocycles. The molecule has 1 heterocycles. The molecule has 9 nitrogen and oxygen atoms in total. The zero-order chi connectivity index (χ0) is 26.6. The minimum atomic E-state index is -4.51. The van der Waals surface area contributed by atoms with Crippen molar-refractivity contribution in [2.24, 2.45) is 0 Å². The molecule has 0 atom stereocenters. The first-order valence-electron chi connectivity index (χ1n) is 10.8. The molecule has 4 rings (SSSR count). The quantitative estimate of drug-likeness (QED) is 0.222. The van der Waals surface area contributed by atoms with E-state index in [1.165, 1.54) is 47.3 Å². The van der Waals surface area contributed by atoms with E-state index in [9.17, 15) is 28.1 Å². The number of carbonyl (C=O) groups is 1. The first kappa shape index (κ1) is 25.2. The number of nitro groups is 1. The SMILES string of the molecule is Cc1cccc(Oc2cc(NC(=O)c3ccn(COc4cccc(C(F)(F)F)c4)n3)cc([N+](=O)[O-])c2)c1. The van der Waals surface area contributed by atoms with Gasteiger partial charge in [0, 0.05) is 18.3 Å². The summed E-state index contributed by atoms with van der Waals surface area (Å²) in [6, 6.07) is 16.7. The molecule has 0 fully saturated rings. The third-order valence-electron chi connectivity index (χ3n) is 4.98. The van der Waals surface area contributed by atoms with Gasteiger partial charge in [0.1, 0.15) is 17.2 Å². The van der Waals surface area contributed by atoms with Crippen molar-refractivity contribution in [3.05, 3.63) is 106 Å². The van der Waals surface area contributed by atoms with E-state index in [1.54, 1.807) is 18.2 Å². The molecule has 0 aliphatic rings. The van der Waals surface area contributed by atoms with Crippen LogP contribution in [0.3, 0.4) is 0 Å². The van der Waals surface area contributed by atoms with Crippen molar-refractivity contribution < 1.29 is 32.4 Å². The van der Waals surface area contributed by atoms with Crippen molar-refractivity contribution in [1.82, 2.24) is 9.78 Å². The summed E-state index contributed by atoms with van der Waals surface area (Å²) in [7, 11) is 0. The smallest absolute Gasteiger partial charge is 0.416 e. The van der Waals surface area contributed by atoms with Crippen LogP contribution in [-0.4, -0.2) is 20.6 Å². The number of nitrogens with zero attached hydrogens (tertiary/aromatic N) is 3. The Kier molecular flexibility index (Phi) is 7.09. The number of anilines is 1. The molecule has 1 N–H and O–H groups in total. The maximum Gasteiger partial charge on any atom is 0.416 e. The van der Waals surface area contributed by atoms with Gasteiger partial charge in [0.05, 0.1) is 22.2 Å². The van der Waals surface area contributed by atoms with Crippen LogP contribution in [-0.2, 0) is 12.9 Å². The second kappa shape index (κ2) is 10.4. The van der Waals surface area contributed by atoms with E-state index in [0.717, 1.165) is 17.7 Å². The molecule has 0 saturated heterocycles. The summed E-state index contributed by atoms with van der Waals surface area (Å²) in [5.41, 5.74) is -0.144. The Morgan fingerprint density at radius 2 is 1.78 bits per heavy atom. The van der Waals surface area contributed by atoms with Crippen LogP contribution in [0.25, 0.3) is 0 Å². The first-order chi connectivity index (χ1) is 17.6. The lowest BCUT2D eigenvalue weighted by Crippen LogP contribution is -2.14. The number of alkyl halides is 3. The molecule has 1 amide bonds. The zero-order valence-corrected chi connectivity index (χ0v) is 19.2. The van der Waals surface area contributed by atoms with Crippen LogP contribution in [0.15, 0.2) is 79.0 Å². The average molecular weight is 512 g/mol. The number of aromatic nitrogens is 2. The fourth-order valence-electron chi connectivity index (χ4n) is 3.29. The van der Waals surface area contributed by atoms with E-state index >= 15 is 0 Å². The van der Waals surface area contributed by atoms with Crippen LogP contribution in [0.2, 0.25) is 0 Å². The highest BCUT2D eigenvalue weighted by atomic mass is 19.4. The predicted octanol–water partition coefficient (Wildman–Crippen LogP) is 6.20. The number of carbonyl (C=O) groups excluding carboxylic acids is 1. The summed E-state index contributed by atoms with van der Waals surface area (Å²) < 4.78 is 50.9. The molecule has 3 aromatic carbocycles. The van der Waals surface area contributed by atoms with Crippen molar-refractivity contribution >= 4 is 17.3 Å². The summed E-state index contributed by atoms with van der Waals surface area (Å²) in [6.45, 7) is 1.62. The Morgan fingerprint density at radius 3 is 2.51 bits per heavy atom. The van der Waals surface area contributed by atoms with Crippen molar-refractivity contribution in [2.45, 2.75) is 19.8 Å². The number of rotatable bonds is 8. The minimum Gasteiger partial charge on any atom is -0.471 e. The molecule has 190 valence electrons. The van der Waals surface area contributed by atoms with E-state index in [2.05, 4.69) is 10.4 Å². The first-order valence-corrected chi connectivity index (χ1v) is 10.8. The maximum atomic E-state index is 12.9. The number of ether oxygens (including phenoxy) is 2. The Labute approximate surface area is 208 Å². The monoisotopic (exact) mass is 512 g/mol. The summed E-state index contributed by atoms with van der Waals surface area (Å²) >= 11 is 0. The van der Waals surface area contributed by atoms with Gasteiger partial charge >= 0.3 is 6.18 Å². The fraction of sp³-hybridized carbons (Fsp3) is 0.120. The number of halogens is 3. The molecule has 4 aromatic rings. The highest BCUT2D eigenvalue weighted by molar-refractivity contribution is 6.03. The lowest BCUT2D eigenvalue weighted by Gasteiger charge is -2.10. The molecule has 1 aromatic heterocycles. The lowest BCUT2D eigenvalue weighted by atomic mass is 10.2. The van der Waals surface area contributed by atoms with Crippen LogP contribution in [0.1, 0.15) is 21.6 Å². The van der Waals surface area contributed by atoms with Gasteiger partial charge in [0.15, 0.2) is 12.4 Å². The molecule has 12 heteroatoms. The molecule has 0 spiro atoms. The van der Waals surface area contributed by atoms with Gasteiger partial charge in [0.25, 0.3) is 11.6 Å². The molecule has 0 radical (unpaired) electrons. The van der Waals surface area contributed by atoms with Gasteiger partial charge in [-0.2, -0.15) is 18.3 Å². The van der Waals surface area contributed by atoms with Gasteiger partial charge in [-0.25, -0.2) is 4.68 Å². The van der Waals surface area contributed by atoms with Crippen LogP contribution >= 0.6 is 0 Å². The van der Waals surface area contributed by atoms with E-state index in [1.807, 2.05) is 13.0 Å². The van der Waals surface area contributed by atoms with E-state index < -0.39 is 22.6 Å². The Bertz CT molecular complexity index is 1450. The number of benzene rings is 3. The van der Waals surface area contributed by atoms with E-state index in [-0.39, 0.29) is 35.3 Å². The molecule has 0 unspecified atom stereocenters. The number of aryl methyl sites for hydroxylation is 1. The van der Waals surface area contributed by atoms with Crippen molar-refractivity contribution in [1.29, 1.82) is 0 Å². The van der Waals surface area contributed by atoms with Crippen LogP contribution in [0.5, 0.6) is 17.2 Å². The summed E-state index contributed by atoms with van der Waals surface area (Å²) in [6.07, 6.45) is -3.10. The van der Waals surface area contributed by atoms with E-state index in [4.69, 9.17) is 9.47 Å². The largest absolute Gasteiger partial charge is 0.471 e.